The maximum Gasteiger partial charge on any atom is 0.317 e. The van der Waals surface area contributed by atoms with Crippen LogP contribution in [-0.4, -0.2) is 32.8 Å². The highest BCUT2D eigenvalue weighted by Gasteiger charge is 2.04. The number of carbonyl (C=O) groups is 1. The second-order valence-corrected chi connectivity index (χ2v) is 5.87. The van der Waals surface area contributed by atoms with E-state index in [1.807, 2.05) is 31.2 Å². The van der Waals surface area contributed by atoms with Gasteiger partial charge in [-0.1, -0.05) is 18.1 Å². The molecular weight excluding hydrogens is 340 g/mol. The second-order valence-electron chi connectivity index (χ2n) is 5.87. The fourth-order valence-electron chi connectivity index (χ4n) is 2.56. The van der Waals surface area contributed by atoms with Crippen LogP contribution in [0, 0.1) is 18.8 Å². The van der Waals surface area contributed by atoms with Crippen molar-refractivity contribution in [1.29, 1.82) is 0 Å². The Morgan fingerprint density at radius 1 is 1.07 bits per heavy atom. The Morgan fingerprint density at radius 3 is 2.59 bits per heavy atom. The van der Waals surface area contributed by atoms with Gasteiger partial charge in [-0.15, -0.1) is 5.10 Å². The van der Waals surface area contributed by atoms with Gasteiger partial charge >= 0.3 is 5.97 Å². The van der Waals surface area contributed by atoms with Crippen LogP contribution in [0.5, 0.6) is 0 Å². The number of carboxylic acids is 1. The van der Waals surface area contributed by atoms with E-state index in [1.165, 1.54) is 0 Å². The first-order valence-corrected chi connectivity index (χ1v) is 8.40. The molecule has 3 rings (SSSR count). The normalized spacial score (nSPS) is 10.1. The molecule has 0 unspecified atom stereocenters. The average Bonchev–Trinajstić information content (AvgIpc) is 2.69. The predicted molar refractivity (Wildman–Crippen MR) is 102 cm³/mol. The van der Waals surface area contributed by atoms with Gasteiger partial charge in [-0.2, -0.15) is 5.10 Å². The summed E-state index contributed by atoms with van der Waals surface area (Å²) in [6, 6.07) is 13.5. The maximum absolute atomic E-state index is 10.5. The van der Waals surface area contributed by atoms with Crippen molar-refractivity contribution in [2.75, 3.05) is 6.54 Å². The Balaban J connectivity index is 1.75. The van der Waals surface area contributed by atoms with Crippen molar-refractivity contribution in [3.8, 4) is 23.0 Å². The van der Waals surface area contributed by atoms with Crippen LogP contribution in [0.1, 0.15) is 22.5 Å². The molecule has 0 spiro atoms. The molecule has 6 nitrogen and oxygen atoms in total. The molecule has 0 saturated heterocycles. The first kappa shape index (κ1) is 18.2. The summed E-state index contributed by atoms with van der Waals surface area (Å²) in [4.78, 5) is 14.5. The number of aliphatic carboxylic acids is 1. The van der Waals surface area contributed by atoms with Crippen LogP contribution in [0.25, 0.3) is 11.1 Å². The highest BCUT2D eigenvalue weighted by atomic mass is 16.4. The molecule has 0 saturated carbocycles. The average molecular weight is 358 g/mol. The monoisotopic (exact) mass is 358 g/mol. The molecule has 0 fully saturated rings. The minimum atomic E-state index is -0.908. The van der Waals surface area contributed by atoms with E-state index in [0.717, 1.165) is 22.3 Å². The van der Waals surface area contributed by atoms with Crippen molar-refractivity contribution >= 4 is 5.97 Å². The van der Waals surface area contributed by atoms with E-state index in [1.54, 1.807) is 24.5 Å². The summed E-state index contributed by atoms with van der Waals surface area (Å²) in [6.45, 7) is 2.28. The van der Waals surface area contributed by atoms with Crippen LogP contribution < -0.4 is 5.32 Å². The standard InChI is InChI=1S/C21H18N4O2/c1-15-16(3-2-4-20(15)17-9-11-22-12-10-17)5-6-18-7-8-19(25-24-18)13-23-14-21(26)27/h2-4,7-12,23H,13-14H2,1H3,(H,26,27). The third-order valence-corrected chi connectivity index (χ3v) is 3.95. The van der Waals surface area contributed by atoms with Crippen molar-refractivity contribution in [3.63, 3.8) is 0 Å². The van der Waals surface area contributed by atoms with E-state index in [4.69, 9.17) is 5.11 Å². The number of hydrogen-bond donors (Lipinski definition) is 2. The molecule has 0 aliphatic carbocycles. The largest absolute Gasteiger partial charge is 0.480 e. The van der Waals surface area contributed by atoms with Crippen LogP contribution >= 0.6 is 0 Å². The fraction of sp³-hybridized carbons (Fsp3) is 0.143. The molecule has 0 radical (unpaired) electrons. The molecule has 0 aliphatic heterocycles. The van der Waals surface area contributed by atoms with E-state index in [0.29, 0.717) is 17.9 Å². The summed E-state index contributed by atoms with van der Waals surface area (Å²) in [5, 5.41) is 19.5. The Bertz CT molecular complexity index is 990. The first-order valence-electron chi connectivity index (χ1n) is 8.40. The molecule has 27 heavy (non-hydrogen) atoms. The number of pyridine rings is 1. The maximum atomic E-state index is 10.5. The molecule has 0 amide bonds. The SMILES string of the molecule is Cc1c(C#Cc2ccc(CNCC(=O)O)nn2)cccc1-c1ccncc1. The summed E-state index contributed by atoms with van der Waals surface area (Å²) in [7, 11) is 0. The molecule has 134 valence electrons. The minimum absolute atomic E-state index is 0.115. The third kappa shape index (κ3) is 4.97. The highest BCUT2D eigenvalue weighted by molar-refractivity contribution is 5.70. The first-order chi connectivity index (χ1) is 13.1. The molecule has 0 aliphatic rings. The van der Waals surface area contributed by atoms with Crippen molar-refractivity contribution in [1.82, 2.24) is 20.5 Å². The highest BCUT2D eigenvalue weighted by Crippen LogP contribution is 2.24. The Morgan fingerprint density at radius 2 is 1.89 bits per heavy atom. The van der Waals surface area contributed by atoms with Crippen LogP contribution in [0.3, 0.4) is 0 Å². The summed E-state index contributed by atoms with van der Waals surface area (Å²) in [5.74, 6) is 5.28. The van der Waals surface area contributed by atoms with Crippen LogP contribution in [0.2, 0.25) is 0 Å². The summed E-state index contributed by atoms with van der Waals surface area (Å²) < 4.78 is 0. The lowest BCUT2D eigenvalue weighted by molar-refractivity contribution is -0.136. The zero-order valence-corrected chi connectivity index (χ0v) is 14.8. The lowest BCUT2D eigenvalue weighted by Crippen LogP contribution is -2.22. The molecule has 6 heteroatoms. The Hall–Kier alpha value is -3.56. The number of carboxylic acid groups (broad SMARTS) is 1. The van der Waals surface area contributed by atoms with Crippen molar-refractivity contribution in [2.24, 2.45) is 0 Å². The Kier molecular flexibility index (Phi) is 5.87. The van der Waals surface area contributed by atoms with Gasteiger partial charge in [0.25, 0.3) is 0 Å². The molecule has 3 aromatic rings. The number of benzene rings is 1. The number of aromatic nitrogens is 3. The van der Waals surface area contributed by atoms with Gasteiger partial charge in [-0.25, -0.2) is 0 Å². The fourth-order valence-corrected chi connectivity index (χ4v) is 2.56. The van der Waals surface area contributed by atoms with Gasteiger partial charge in [0.15, 0.2) is 0 Å². The molecule has 2 N–H and O–H groups in total. The second kappa shape index (κ2) is 8.70. The third-order valence-electron chi connectivity index (χ3n) is 3.95. The van der Waals surface area contributed by atoms with E-state index in [9.17, 15) is 4.79 Å². The van der Waals surface area contributed by atoms with Gasteiger partial charge in [0.1, 0.15) is 5.69 Å². The van der Waals surface area contributed by atoms with Gasteiger partial charge in [0, 0.05) is 24.5 Å². The molecule has 2 aromatic heterocycles. The van der Waals surface area contributed by atoms with Gasteiger partial charge < -0.3 is 10.4 Å². The van der Waals surface area contributed by atoms with Gasteiger partial charge in [0.2, 0.25) is 0 Å². The number of nitrogens with one attached hydrogen (secondary N) is 1. The lowest BCUT2D eigenvalue weighted by atomic mass is 9.97. The summed E-state index contributed by atoms with van der Waals surface area (Å²) in [6.07, 6.45) is 3.55. The van der Waals surface area contributed by atoms with Crippen LogP contribution in [0.4, 0.5) is 0 Å². The molecule has 2 heterocycles. The molecule has 0 atom stereocenters. The zero-order valence-electron chi connectivity index (χ0n) is 14.8. The van der Waals surface area contributed by atoms with Gasteiger partial charge in [-0.3, -0.25) is 9.78 Å². The minimum Gasteiger partial charge on any atom is -0.480 e. The lowest BCUT2D eigenvalue weighted by Gasteiger charge is -2.07. The number of nitrogens with zero attached hydrogens (tertiary/aromatic N) is 3. The molecule has 1 aromatic carbocycles. The number of hydrogen-bond acceptors (Lipinski definition) is 5. The quantitative estimate of drug-likeness (QED) is 0.681. The zero-order chi connectivity index (χ0) is 19.1. The summed E-state index contributed by atoms with van der Waals surface area (Å²) in [5.41, 5.74) is 5.47. The van der Waals surface area contributed by atoms with E-state index < -0.39 is 5.97 Å². The van der Waals surface area contributed by atoms with Crippen molar-refractivity contribution in [2.45, 2.75) is 13.5 Å². The predicted octanol–water partition coefficient (Wildman–Crippen LogP) is 2.42. The summed E-state index contributed by atoms with van der Waals surface area (Å²) >= 11 is 0. The Labute approximate surface area is 157 Å². The van der Waals surface area contributed by atoms with Gasteiger partial charge in [-0.05, 0) is 59.9 Å². The van der Waals surface area contributed by atoms with Crippen molar-refractivity contribution in [3.05, 3.63) is 77.4 Å². The van der Waals surface area contributed by atoms with Crippen molar-refractivity contribution < 1.29 is 9.90 Å². The van der Waals surface area contributed by atoms with E-state index >= 15 is 0 Å². The topological polar surface area (TPSA) is 88.0 Å². The van der Waals surface area contributed by atoms with Crippen LogP contribution in [-0.2, 0) is 11.3 Å². The number of rotatable bonds is 5. The molecule has 0 bridgehead atoms. The molecular formula is C21H18N4O2. The van der Waals surface area contributed by atoms with Gasteiger partial charge in [0.05, 0.1) is 12.2 Å². The van der Waals surface area contributed by atoms with Crippen LogP contribution in [0.15, 0.2) is 54.9 Å². The van der Waals surface area contributed by atoms with E-state index in [2.05, 4.69) is 38.4 Å². The smallest absolute Gasteiger partial charge is 0.317 e. The van der Waals surface area contributed by atoms with E-state index in [-0.39, 0.29) is 6.54 Å².